The Labute approximate surface area is 120 Å². The summed E-state index contributed by atoms with van der Waals surface area (Å²) in [7, 11) is 0. The van der Waals surface area contributed by atoms with E-state index in [1.807, 2.05) is 6.07 Å². The van der Waals surface area contributed by atoms with E-state index in [0.29, 0.717) is 17.3 Å². The third-order valence-corrected chi connectivity index (χ3v) is 4.62. The molecule has 1 atom stereocenters. The van der Waals surface area contributed by atoms with Gasteiger partial charge in [-0.05, 0) is 24.1 Å². The van der Waals surface area contributed by atoms with E-state index in [0.717, 1.165) is 16.0 Å². The largest absolute Gasteiger partial charge is 0.295 e. The van der Waals surface area contributed by atoms with E-state index < -0.39 is 4.92 Å². The van der Waals surface area contributed by atoms with Gasteiger partial charge in [-0.25, -0.2) is 4.98 Å². The molecule has 0 saturated heterocycles. The Morgan fingerprint density at radius 3 is 2.95 bits per heavy atom. The van der Waals surface area contributed by atoms with Crippen LogP contribution in [0, 0.1) is 16.0 Å². The van der Waals surface area contributed by atoms with Crippen molar-refractivity contribution in [3.8, 4) is 0 Å². The van der Waals surface area contributed by atoms with Crippen molar-refractivity contribution in [2.45, 2.75) is 11.8 Å². The van der Waals surface area contributed by atoms with Crippen LogP contribution >= 0.6 is 23.4 Å². The van der Waals surface area contributed by atoms with Crippen LogP contribution in [0.4, 0.5) is 5.69 Å². The molecule has 1 aromatic carbocycles. The molecule has 0 amide bonds. The minimum Gasteiger partial charge on any atom is -0.258 e. The zero-order chi connectivity index (χ0) is 13.8. The Morgan fingerprint density at radius 2 is 2.26 bits per heavy atom. The Hall–Kier alpha value is -1.33. The highest BCUT2D eigenvalue weighted by atomic mass is 35.5. The molecule has 0 spiro atoms. The first-order valence-corrected chi connectivity index (χ1v) is 7.36. The average Bonchev–Trinajstić information content (AvgIpc) is 2.43. The van der Waals surface area contributed by atoms with E-state index in [1.165, 1.54) is 6.07 Å². The number of nitro groups is 1. The van der Waals surface area contributed by atoms with Gasteiger partial charge in [0.1, 0.15) is 5.52 Å². The van der Waals surface area contributed by atoms with E-state index in [4.69, 9.17) is 11.6 Å². The first kappa shape index (κ1) is 14.1. The summed E-state index contributed by atoms with van der Waals surface area (Å²) in [6, 6.07) is 6.96. The number of benzene rings is 1. The summed E-state index contributed by atoms with van der Waals surface area (Å²) in [6.07, 6.45) is 1.57. The van der Waals surface area contributed by atoms with Crippen molar-refractivity contribution in [2.24, 2.45) is 5.92 Å². The monoisotopic (exact) mass is 296 g/mol. The molecule has 4 nitrogen and oxygen atoms in total. The van der Waals surface area contributed by atoms with Gasteiger partial charge in [0.05, 0.1) is 4.92 Å². The summed E-state index contributed by atoms with van der Waals surface area (Å²) in [5, 5.41) is 11.8. The average molecular weight is 297 g/mol. The Kier molecular flexibility index (Phi) is 4.61. The van der Waals surface area contributed by atoms with Crippen LogP contribution in [0.1, 0.15) is 6.92 Å². The maximum Gasteiger partial charge on any atom is 0.295 e. The maximum atomic E-state index is 11.0. The number of pyridine rings is 1. The van der Waals surface area contributed by atoms with Crippen LogP contribution in [-0.2, 0) is 0 Å². The first-order valence-electron chi connectivity index (χ1n) is 5.84. The predicted octanol–water partition coefficient (Wildman–Crippen LogP) is 4.11. The van der Waals surface area contributed by atoms with Crippen LogP contribution in [0.2, 0.25) is 0 Å². The number of non-ortho nitro benzene ring substituents is 1. The second kappa shape index (κ2) is 6.21. The molecule has 2 aromatic rings. The molecule has 0 aliphatic rings. The van der Waals surface area contributed by atoms with Crippen LogP contribution in [-0.4, -0.2) is 21.5 Å². The van der Waals surface area contributed by atoms with E-state index in [-0.39, 0.29) is 5.69 Å². The van der Waals surface area contributed by atoms with E-state index in [1.54, 1.807) is 30.1 Å². The van der Waals surface area contributed by atoms with Crippen LogP contribution in [0.5, 0.6) is 0 Å². The smallest absolute Gasteiger partial charge is 0.258 e. The first-order chi connectivity index (χ1) is 9.13. The third-order valence-electron chi connectivity index (χ3n) is 2.69. The van der Waals surface area contributed by atoms with Gasteiger partial charge in [0.25, 0.3) is 5.69 Å². The van der Waals surface area contributed by atoms with E-state index in [9.17, 15) is 10.1 Å². The fourth-order valence-electron chi connectivity index (χ4n) is 1.68. The highest BCUT2D eigenvalue weighted by Gasteiger charge is 2.15. The van der Waals surface area contributed by atoms with Crippen molar-refractivity contribution in [1.29, 1.82) is 0 Å². The standard InChI is InChI=1S/C13H13ClN2O2S/c1-9(7-14)8-19-12-5-4-11(16(17)18)13-10(12)3-2-6-15-13/h2-6,9H,7-8H2,1H3. The zero-order valence-electron chi connectivity index (χ0n) is 10.4. The minimum absolute atomic E-state index is 0.0466. The van der Waals surface area contributed by atoms with Gasteiger partial charge in [-0.3, -0.25) is 10.1 Å². The summed E-state index contributed by atoms with van der Waals surface area (Å²) >= 11 is 7.44. The molecule has 19 heavy (non-hydrogen) atoms. The summed E-state index contributed by atoms with van der Waals surface area (Å²) in [4.78, 5) is 15.7. The van der Waals surface area contributed by atoms with E-state index >= 15 is 0 Å². The van der Waals surface area contributed by atoms with Crippen molar-refractivity contribution in [3.05, 3.63) is 40.6 Å². The zero-order valence-corrected chi connectivity index (χ0v) is 11.9. The molecule has 100 valence electrons. The van der Waals surface area contributed by atoms with Gasteiger partial charge in [-0.2, -0.15) is 0 Å². The van der Waals surface area contributed by atoms with Crippen LogP contribution < -0.4 is 0 Å². The summed E-state index contributed by atoms with van der Waals surface area (Å²) in [5.41, 5.74) is 0.487. The third kappa shape index (κ3) is 3.16. The minimum atomic E-state index is -0.398. The highest BCUT2D eigenvalue weighted by molar-refractivity contribution is 7.99. The molecule has 1 unspecified atom stereocenters. The van der Waals surface area contributed by atoms with Crippen molar-refractivity contribution >= 4 is 40.0 Å². The Bertz CT molecular complexity index is 606. The van der Waals surface area contributed by atoms with Crippen molar-refractivity contribution in [2.75, 3.05) is 11.6 Å². The number of halogens is 1. The fourth-order valence-corrected chi connectivity index (χ4v) is 2.99. The predicted molar refractivity (Wildman–Crippen MR) is 79.0 cm³/mol. The topological polar surface area (TPSA) is 56.0 Å². The lowest BCUT2D eigenvalue weighted by molar-refractivity contribution is -0.383. The lowest BCUT2D eigenvalue weighted by atomic mass is 10.2. The second-order valence-electron chi connectivity index (χ2n) is 4.31. The van der Waals surface area contributed by atoms with Crippen LogP contribution in [0.15, 0.2) is 35.4 Å². The summed E-state index contributed by atoms with van der Waals surface area (Å²) in [6.45, 7) is 2.08. The number of hydrogen-bond acceptors (Lipinski definition) is 4. The maximum absolute atomic E-state index is 11.0. The number of fused-ring (bicyclic) bond motifs is 1. The molecule has 2 rings (SSSR count). The number of hydrogen-bond donors (Lipinski definition) is 0. The van der Waals surface area contributed by atoms with Gasteiger partial charge in [-0.1, -0.05) is 6.92 Å². The van der Waals surface area contributed by atoms with Gasteiger partial charge < -0.3 is 0 Å². The molecule has 0 N–H and O–H groups in total. The Morgan fingerprint density at radius 1 is 1.47 bits per heavy atom. The quantitative estimate of drug-likeness (QED) is 0.360. The van der Waals surface area contributed by atoms with Crippen molar-refractivity contribution in [1.82, 2.24) is 4.98 Å². The van der Waals surface area contributed by atoms with E-state index in [2.05, 4.69) is 11.9 Å². The summed E-state index contributed by atoms with van der Waals surface area (Å²) < 4.78 is 0. The lowest BCUT2D eigenvalue weighted by Gasteiger charge is -2.09. The number of nitro benzene ring substituents is 1. The van der Waals surface area contributed by atoms with Crippen LogP contribution in [0.25, 0.3) is 10.9 Å². The fraction of sp³-hybridized carbons (Fsp3) is 0.308. The van der Waals surface area contributed by atoms with Crippen LogP contribution in [0.3, 0.4) is 0 Å². The molecule has 1 aromatic heterocycles. The molecule has 1 heterocycles. The van der Waals surface area contributed by atoms with Crippen molar-refractivity contribution < 1.29 is 4.92 Å². The normalized spacial score (nSPS) is 12.5. The molecule has 0 radical (unpaired) electrons. The molecule has 0 fully saturated rings. The second-order valence-corrected chi connectivity index (χ2v) is 5.68. The van der Waals surface area contributed by atoms with Gasteiger partial charge in [-0.15, -0.1) is 23.4 Å². The summed E-state index contributed by atoms with van der Waals surface area (Å²) in [5.74, 6) is 1.88. The molecular weight excluding hydrogens is 284 g/mol. The van der Waals surface area contributed by atoms with Gasteiger partial charge in [0.15, 0.2) is 0 Å². The number of thioether (sulfide) groups is 1. The van der Waals surface area contributed by atoms with Gasteiger partial charge >= 0.3 is 0 Å². The molecule has 0 aliphatic heterocycles. The molecule has 0 saturated carbocycles. The molecule has 0 bridgehead atoms. The number of rotatable bonds is 5. The molecule has 0 aliphatic carbocycles. The highest BCUT2D eigenvalue weighted by Crippen LogP contribution is 2.33. The van der Waals surface area contributed by atoms with Gasteiger partial charge in [0.2, 0.25) is 0 Å². The molecular formula is C13H13ClN2O2S. The lowest BCUT2D eigenvalue weighted by Crippen LogP contribution is -1.99. The number of alkyl halides is 1. The van der Waals surface area contributed by atoms with Gasteiger partial charge in [0, 0.05) is 34.2 Å². The SMILES string of the molecule is CC(CCl)CSc1ccc([N+](=O)[O-])c2ncccc12. The number of nitrogens with zero attached hydrogens (tertiary/aromatic N) is 2. The molecule has 6 heteroatoms. The Balaban J connectivity index is 2.41. The van der Waals surface area contributed by atoms with Crippen molar-refractivity contribution in [3.63, 3.8) is 0 Å². The number of aromatic nitrogens is 1.